The molecule has 1 aromatic heterocycles. The lowest BCUT2D eigenvalue weighted by atomic mass is 9.97. The number of ether oxygens (including phenoxy) is 1. The van der Waals surface area contributed by atoms with Crippen molar-refractivity contribution in [1.82, 2.24) is 4.57 Å². The molecule has 144 valence electrons. The Morgan fingerprint density at radius 1 is 1.22 bits per heavy atom. The molecule has 0 saturated heterocycles. The Kier molecular flexibility index (Phi) is 5.26. The predicted octanol–water partition coefficient (Wildman–Crippen LogP) is 3.07. The molecular weight excluding hydrogens is 342 g/mol. The van der Waals surface area contributed by atoms with Gasteiger partial charge in [-0.1, -0.05) is 12.1 Å². The summed E-state index contributed by atoms with van der Waals surface area (Å²) in [5.41, 5.74) is 11.1. The maximum Gasteiger partial charge on any atom is 0.305 e. The second kappa shape index (κ2) is 7.47. The summed E-state index contributed by atoms with van der Waals surface area (Å²) in [6, 6.07) is 8.44. The second-order valence-corrected chi connectivity index (χ2v) is 7.26. The molecule has 2 N–H and O–H groups in total. The van der Waals surface area contributed by atoms with Crippen LogP contribution in [0.4, 0.5) is 5.69 Å². The molecule has 1 aromatic carbocycles. The number of nitrogens with two attached hydrogens (primary N) is 1. The van der Waals surface area contributed by atoms with E-state index in [9.17, 15) is 9.59 Å². The van der Waals surface area contributed by atoms with Gasteiger partial charge in [-0.3, -0.25) is 9.59 Å². The largest absolute Gasteiger partial charge is 0.469 e. The summed E-state index contributed by atoms with van der Waals surface area (Å²) in [6.07, 6.45) is 2.95. The molecule has 6 heteroatoms. The van der Waals surface area contributed by atoms with Crippen molar-refractivity contribution < 1.29 is 14.3 Å². The van der Waals surface area contributed by atoms with Crippen LogP contribution in [0.25, 0.3) is 11.1 Å². The van der Waals surface area contributed by atoms with Gasteiger partial charge >= 0.3 is 5.97 Å². The summed E-state index contributed by atoms with van der Waals surface area (Å²) in [6.45, 7) is 1.94. The fourth-order valence-corrected chi connectivity index (χ4v) is 3.70. The summed E-state index contributed by atoms with van der Waals surface area (Å²) in [5.74, 6) is -0.691. The number of hydrogen-bond acceptors (Lipinski definition) is 4. The van der Waals surface area contributed by atoms with Gasteiger partial charge in [0.05, 0.1) is 19.1 Å². The van der Waals surface area contributed by atoms with Gasteiger partial charge in [-0.05, 0) is 43.9 Å². The van der Waals surface area contributed by atoms with E-state index in [1.165, 1.54) is 7.11 Å². The van der Waals surface area contributed by atoms with Gasteiger partial charge in [0.2, 0.25) is 0 Å². The van der Waals surface area contributed by atoms with Crippen LogP contribution in [0.5, 0.6) is 0 Å². The zero-order chi connectivity index (χ0) is 19.7. The molecule has 1 aliphatic carbocycles. The minimum Gasteiger partial charge on any atom is -0.469 e. The SMILES string of the molecule is COC(=O)CCc1c(-c2ccc(N(C)C)cc2)c(C(N)=O)c(C)n1C1CC1. The van der Waals surface area contributed by atoms with Gasteiger partial charge in [-0.15, -0.1) is 0 Å². The molecule has 1 aliphatic rings. The molecule has 1 fully saturated rings. The number of methoxy groups -OCH3 is 1. The number of hydrogen-bond donors (Lipinski definition) is 1. The highest BCUT2D eigenvalue weighted by Crippen LogP contribution is 2.43. The van der Waals surface area contributed by atoms with E-state index in [2.05, 4.69) is 4.57 Å². The van der Waals surface area contributed by atoms with Gasteiger partial charge < -0.3 is 19.9 Å². The maximum absolute atomic E-state index is 12.3. The predicted molar refractivity (Wildman–Crippen MR) is 106 cm³/mol. The third kappa shape index (κ3) is 3.70. The Morgan fingerprint density at radius 2 is 1.85 bits per heavy atom. The minimum atomic E-state index is -0.432. The van der Waals surface area contributed by atoms with Crippen LogP contribution in [-0.2, 0) is 16.0 Å². The van der Waals surface area contributed by atoms with Crippen LogP contribution < -0.4 is 10.6 Å². The highest BCUT2D eigenvalue weighted by atomic mass is 16.5. The van der Waals surface area contributed by atoms with Gasteiger partial charge in [-0.2, -0.15) is 0 Å². The molecule has 1 amide bonds. The summed E-state index contributed by atoms with van der Waals surface area (Å²) < 4.78 is 7.02. The number of primary amides is 1. The Balaban J connectivity index is 2.15. The molecule has 1 saturated carbocycles. The van der Waals surface area contributed by atoms with E-state index in [4.69, 9.17) is 10.5 Å². The zero-order valence-corrected chi connectivity index (χ0v) is 16.4. The quantitative estimate of drug-likeness (QED) is 0.761. The normalized spacial score (nSPS) is 13.5. The standard InChI is InChI=1S/C21H27N3O3/c1-13-19(21(22)26)20(14-5-7-15(8-6-14)23(2)3)17(11-12-18(25)27-4)24(13)16-9-10-16/h5-8,16H,9-12H2,1-4H3,(H2,22,26). The van der Waals surface area contributed by atoms with Crippen molar-refractivity contribution in [3.63, 3.8) is 0 Å². The summed E-state index contributed by atoms with van der Waals surface area (Å²) in [7, 11) is 5.36. The average molecular weight is 369 g/mol. The van der Waals surface area contributed by atoms with Crippen LogP contribution in [0, 0.1) is 6.92 Å². The monoisotopic (exact) mass is 369 g/mol. The number of rotatable bonds is 7. The summed E-state index contributed by atoms with van der Waals surface area (Å²) >= 11 is 0. The van der Waals surface area contributed by atoms with E-state index in [1.807, 2.05) is 50.2 Å². The fraction of sp³-hybridized carbons (Fsp3) is 0.429. The van der Waals surface area contributed by atoms with Crippen LogP contribution in [0.2, 0.25) is 0 Å². The first-order valence-electron chi connectivity index (χ1n) is 9.23. The highest BCUT2D eigenvalue weighted by Gasteiger charge is 2.33. The molecule has 0 spiro atoms. The van der Waals surface area contributed by atoms with E-state index in [0.717, 1.165) is 41.0 Å². The number of esters is 1. The summed E-state index contributed by atoms with van der Waals surface area (Å²) in [4.78, 5) is 26.1. The Morgan fingerprint density at radius 3 is 2.33 bits per heavy atom. The van der Waals surface area contributed by atoms with Crippen molar-refractivity contribution in [2.75, 3.05) is 26.1 Å². The highest BCUT2D eigenvalue weighted by molar-refractivity contribution is 6.02. The molecule has 27 heavy (non-hydrogen) atoms. The van der Waals surface area contributed by atoms with Gasteiger partial charge in [0.15, 0.2) is 0 Å². The lowest BCUT2D eigenvalue weighted by molar-refractivity contribution is -0.140. The van der Waals surface area contributed by atoms with Gasteiger partial charge in [-0.25, -0.2) is 0 Å². The van der Waals surface area contributed by atoms with Crippen LogP contribution in [0.3, 0.4) is 0 Å². The summed E-state index contributed by atoms with van der Waals surface area (Å²) in [5, 5.41) is 0. The number of anilines is 1. The maximum atomic E-state index is 12.3. The fourth-order valence-electron chi connectivity index (χ4n) is 3.70. The van der Waals surface area contributed by atoms with E-state index in [1.54, 1.807) is 0 Å². The molecule has 3 rings (SSSR count). The zero-order valence-electron chi connectivity index (χ0n) is 16.4. The van der Waals surface area contributed by atoms with Gasteiger partial charge in [0.1, 0.15) is 0 Å². The third-order valence-electron chi connectivity index (χ3n) is 5.18. The molecule has 2 aromatic rings. The molecule has 0 bridgehead atoms. The Hall–Kier alpha value is -2.76. The minimum absolute atomic E-state index is 0.259. The third-order valence-corrected chi connectivity index (χ3v) is 5.18. The second-order valence-electron chi connectivity index (χ2n) is 7.26. The van der Waals surface area contributed by atoms with Crippen LogP contribution in [0.1, 0.15) is 47.1 Å². The van der Waals surface area contributed by atoms with Crippen molar-refractivity contribution in [3.8, 4) is 11.1 Å². The van der Waals surface area contributed by atoms with Gasteiger partial charge in [0, 0.05) is 42.8 Å². The molecular formula is C21H27N3O3. The van der Waals surface area contributed by atoms with E-state index in [0.29, 0.717) is 18.0 Å². The van der Waals surface area contributed by atoms with Crippen LogP contribution >= 0.6 is 0 Å². The number of benzene rings is 1. The van der Waals surface area contributed by atoms with Crippen molar-refractivity contribution in [2.24, 2.45) is 5.73 Å². The van der Waals surface area contributed by atoms with Crippen LogP contribution in [0.15, 0.2) is 24.3 Å². The molecule has 0 aliphatic heterocycles. The number of nitrogens with zero attached hydrogens (tertiary/aromatic N) is 2. The van der Waals surface area contributed by atoms with E-state index >= 15 is 0 Å². The molecule has 0 radical (unpaired) electrons. The lowest BCUT2D eigenvalue weighted by Crippen LogP contribution is -2.13. The van der Waals surface area contributed by atoms with Gasteiger partial charge in [0.25, 0.3) is 5.91 Å². The number of aromatic nitrogens is 1. The number of carbonyl (C=O) groups is 2. The molecule has 0 atom stereocenters. The van der Waals surface area contributed by atoms with Crippen molar-refractivity contribution in [2.45, 2.75) is 38.6 Å². The smallest absolute Gasteiger partial charge is 0.305 e. The van der Waals surface area contributed by atoms with Crippen molar-refractivity contribution >= 4 is 17.6 Å². The van der Waals surface area contributed by atoms with Crippen molar-refractivity contribution in [1.29, 1.82) is 0 Å². The average Bonchev–Trinajstić information content (AvgIpc) is 3.42. The lowest BCUT2D eigenvalue weighted by Gasteiger charge is -2.14. The van der Waals surface area contributed by atoms with Crippen LogP contribution in [-0.4, -0.2) is 37.6 Å². The molecule has 1 heterocycles. The Labute approximate surface area is 159 Å². The van der Waals surface area contributed by atoms with E-state index < -0.39 is 5.91 Å². The topological polar surface area (TPSA) is 77.6 Å². The first-order chi connectivity index (χ1) is 12.8. The number of carbonyl (C=O) groups excluding carboxylic acids is 2. The first-order valence-corrected chi connectivity index (χ1v) is 9.23. The molecule has 6 nitrogen and oxygen atoms in total. The van der Waals surface area contributed by atoms with E-state index in [-0.39, 0.29) is 12.4 Å². The Bertz CT molecular complexity index is 862. The first kappa shape index (κ1) is 19.0. The van der Waals surface area contributed by atoms with Crippen molar-refractivity contribution in [3.05, 3.63) is 41.2 Å². The molecule has 0 unspecified atom stereocenters. The number of amides is 1.